The number of nitrogens with zero attached hydrogens (tertiary/aromatic N) is 3. The Kier molecular flexibility index (Phi) is 2.87. The van der Waals surface area contributed by atoms with E-state index in [1.165, 1.54) is 0 Å². The summed E-state index contributed by atoms with van der Waals surface area (Å²) in [6.07, 6.45) is 1.78. The lowest BCUT2D eigenvalue weighted by Gasteiger charge is -2.03. The van der Waals surface area contributed by atoms with Crippen molar-refractivity contribution in [2.75, 3.05) is 0 Å². The average Bonchev–Trinajstić information content (AvgIpc) is 3.16. The SMILES string of the molecule is CC(C)c1cc2ncc3cc(-c4ccsc4)c(=O)[nH]c3n2n1. The lowest BCUT2D eigenvalue weighted by atomic mass is 10.1. The smallest absolute Gasteiger partial charge is 0.257 e. The van der Waals surface area contributed by atoms with Gasteiger partial charge in [0.1, 0.15) is 5.65 Å². The van der Waals surface area contributed by atoms with Crippen LogP contribution in [-0.2, 0) is 0 Å². The molecule has 0 unspecified atom stereocenters. The predicted octanol–water partition coefficient (Wildman–Crippen LogP) is 3.42. The largest absolute Gasteiger partial charge is 0.306 e. The van der Waals surface area contributed by atoms with Crippen molar-refractivity contribution in [1.82, 2.24) is 19.6 Å². The monoisotopic (exact) mass is 310 g/mol. The number of aromatic amines is 1. The fourth-order valence-electron chi connectivity index (χ4n) is 2.51. The summed E-state index contributed by atoms with van der Waals surface area (Å²) < 4.78 is 1.71. The maximum absolute atomic E-state index is 12.4. The lowest BCUT2D eigenvalue weighted by Crippen LogP contribution is -2.11. The van der Waals surface area contributed by atoms with Crippen LogP contribution in [0.1, 0.15) is 25.5 Å². The van der Waals surface area contributed by atoms with Crippen LogP contribution in [0.25, 0.3) is 27.8 Å². The number of pyridine rings is 1. The molecule has 1 N–H and O–H groups in total. The molecule has 0 fully saturated rings. The maximum atomic E-state index is 12.4. The van der Waals surface area contributed by atoms with Crippen LogP contribution in [0, 0.1) is 0 Å². The van der Waals surface area contributed by atoms with Gasteiger partial charge in [-0.05, 0) is 34.4 Å². The van der Waals surface area contributed by atoms with E-state index >= 15 is 0 Å². The molecule has 0 aliphatic rings. The van der Waals surface area contributed by atoms with Gasteiger partial charge in [0.15, 0.2) is 5.65 Å². The van der Waals surface area contributed by atoms with Crippen LogP contribution in [-0.4, -0.2) is 19.6 Å². The molecule has 0 bridgehead atoms. The van der Waals surface area contributed by atoms with Crippen molar-refractivity contribution in [2.45, 2.75) is 19.8 Å². The molecular formula is C16H14N4OS. The first kappa shape index (κ1) is 13.2. The third-order valence-electron chi connectivity index (χ3n) is 3.73. The van der Waals surface area contributed by atoms with Crippen molar-refractivity contribution in [3.8, 4) is 11.1 Å². The quantitative estimate of drug-likeness (QED) is 0.617. The van der Waals surface area contributed by atoms with Crippen molar-refractivity contribution >= 4 is 28.0 Å². The topological polar surface area (TPSA) is 63.0 Å². The molecule has 0 aliphatic carbocycles. The maximum Gasteiger partial charge on any atom is 0.257 e. The summed E-state index contributed by atoms with van der Waals surface area (Å²) in [6, 6.07) is 5.77. The van der Waals surface area contributed by atoms with Gasteiger partial charge in [-0.1, -0.05) is 13.8 Å². The van der Waals surface area contributed by atoms with Gasteiger partial charge in [0.25, 0.3) is 5.56 Å². The number of aromatic nitrogens is 4. The standard InChI is InChI=1S/C16H14N4OS/c1-9(2)13-6-14-17-7-11-5-12(10-3-4-22-8-10)16(21)18-15(11)20(14)19-13/h3-9H,1-2H3,(H,18,21). The Morgan fingerprint density at radius 2 is 2.18 bits per heavy atom. The molecule has 0 spiro atoms. The second-order valence-electron chi connectivity index (χ2n) is 5.58. The molecule has 0 atom stereocenters. The first-order chi connectivity index (χ1) is 10.6. The van der Waals surface area contributed by atoms with E-state index in [0.717, 1.165) is 22.3 Å². The first-order valence-corrected chi connectivity index (χ1v) is 8.02. The fraction of sp³-hybridized carbons (Fsp3) is 0.188. The van der Waals surface area contributed by atoms with Gasteiger partial charge in [-0.3, -0.25) is 4.79 Å². The summed E-state index contributed by atoms with van der Waals surface area (Å²) in [4.78, 5) is 19.8. The highest BCUT2D eigenvalue weighted by Crippen LogP contribution is 2.22. The molecule has 5 nitrogen and oxygen atoms in total. The molecule has 22 heavy (non-hydrogen) atoms. The van der Waals surface area contributed by atoms with E-state index in [1.54, 1.807) is 22.0 Å². The molecule has 4 heterocycles. The minimum atomic E-state index is -0.111. The van der Waals surface area contributed by atoms with Crippen LogP contribution in [0.3, 0.4) is 0 Å². The van der Waals surface area contributed by atoms with E-state index in [-0.39, 0.29) is 5.56 Å². The zero-order valence-corrected chi connectivity index (χ0v) is 13.0. The molecule has 4 rings (SSSR count). The minimum Gasteiger partial charge on any atom is -0.306 e. The summed E-state index contributed by atoms with van der Waals surface area (Å²) >= 11 is 1.57. The number of rotatable bonds is 2. The van der Waals surface area contributed by atoms with Gasteiger partial charge in [0, 0.05) is 23.2 Å². The van der Waals surface area contributed by atoms with Crippen LogP contribution in [0.15, 0.2) is 40.0 Å². The summed E-state index contributed by atoms with van der Waals surface area (Å²) in [5, 5.41) is 9.35. The van der Waals surface area contributed by atoms with Crippen molar-refractivity contribution in [2.24, 2.45) is 0 Å². The summed E-state index contributed by atoms with van der Waals surface area (Å²) in [6.45, 7) is 4.17. The molecular weight excluding hydrogens is 296 g/mol. The molecule has 0 saturated heterocycles. The summed E-state index contributed by atoms with van der Waals surface area (Å²) in [5.41, 5.74) is 3.86. The van der Waals surface area contributed by atoms with Gasteiger partial charge in [0.2, 0.25) is 0 Å². The second-order valence-corrected chi connectivity index (χ2v) is 6.36. The molecule has 0 amide bonds. The highest BCUT2D eigenvalue weighted by molar-refractivity contribution is 7.08. The van der Waals surface area contributed by atoms with E-state index < -0.39 is 0 Å². The number of fused-ring (bicyclic) bond motifs is 3. The van der Waals surface area contributed by atoms with Crippen molar-refractivity contribution in [1.29, 1.82) is 0 Å². The average molecular weight is 310 g/mol. The Bertz CT molecular complexity index is 1030. The summed E-state index contributed by atoms with van der Waals surface area (Å²) in [5.74, 6) is 0.313. The van der Waals surface area contributed by atoms with Crippen LogP contribution in [0.5, 0.6) is 0 Å². The molecule has 110 valence electrons. The van der Waals surface area contributed by atoms with Crippen LogP contribution >= 0.6 is 11.3 Å². The zero-order chi connectivity index (χ0) is 15.3. The fourth-order valence-corrected chi connectivity index (χ4v) is 3.16. The van der Waals surface area contributed by atoms with Gasteiger partial charge in [-0.2, -0.15) is 21.0 Å². The first-order valence-electron chi connectivity index (χ1n) is 7.08. The third-order valence-corrected chi connectivity index (χ3v) is 4.41. The Labute approximate surface area is 130 Å². The van der Waals surface area contributed by atoms with Crippen molar-refractivity contribution in [3.63, 3.8) is 0 Å². The van der Waals surface area contributed by atoms with Crippen LogP contribution in [0.2, 0.25) is 0 Å². The Hall–Kier alpha value is -2.47. The van der Waals surface area contributed by atoms with Gasteiger partial charge in [0.05, 0.1) is 5.69 Å². The van der Waals surface area contributed by atoms with E-state index in [9.17, 15) is 4.79 Å². The van der Waals surface area contributed by atoms with Gasteiger partial charge in [-0.15, -0.1) is 0 Å². The second kappa shape index (κ2) is 4.78. The van der Waals surface area contributed by atoms with E-state index in [4.69, 9.17) is 0 Å². The lowest BCUT2D eigenvalue weighted by molar-refractivity contribution is 0.792. The molecule has 4 aromatic heterocycles. The van der Waals surface area contributed by atoms with Crippen LogP contribution < -0.4 is 5.56 Å². The normalized spacial score (nSPS) is 11.8. The number of hydrogen-bond acceptors (Lipinski definition) is 4. The Morgan fingerprint density at radius 3 is 2.91 bits per heavy atom. The van der Waals surface area contributed by atoms with Gasteiger partial charge < -0.3 is 4.98 Å². The Morgan fingerprint density at radius 1 is 1.32 bits per heavy atom. The molecule has 0 aliphatic heterocycles. The molecule has 4 aromatic rings. The predicted molar refractivity (Wildman–Crippen MR) is 88.5 cm³/mol. The molecule has 6 heteroatoms. The zero-order valence-electron chi connectivity index (χ0n) is 12.2. The number of hydrogen-bond donors (Lipinski definition) is 1. The van der Waals surface area contributed by atoms with E-state index in [2.05, 4.69) is 28.9 Å². The highest BCUT2D eigenvalue weighted by Gasteiger charge is 2.12. The Balaban J connectivity index is 2.03. The number of thiophene rings is 1. The van der Waals surface area contributed by atoms with Crippen molar-refractivity contribution < 1.29 is 0 Å². The van der Waals surface area contributed by atoms with Gasteiger partial charge in [-0.25, -0.2) is 4.98 Å². The molecule has 0 radical (unpaired) electrons. The number of nitrogens with one attached hydrogen (secondary N) is 1. The number of H-pyrrole nitrogens is 1. The van der Waals surface area contributed by atoms with Gasteiger partial charge >= 0.3 is 0 Å². The third kappa shape index (κ3) is 1.95. The minimum absolute atomic E-state index is 0.111. The molecule has 0 aromatic carbocycles. The molecule has 0 saturated carbocycles. The van der Waals surface area contributed by atoms with Crippen molar-refractivity contribution in [3.05, 3.63) is 51.2 Å². The highest BCUT2D eigenvalue weighted by atomic mass is 32.1. The van der Waals surface area contributed by atoms with E-state index in [1.807, 2.05) is 29.0 Å². The van der Waals surface area contributed by atoms with Crippen LogP contribution in [0.4, 0.5) is 0 Å². The summed E-state index contributed by atoms with van der Waals surface area (Å²) in [7, 11) is 0. The van der Waals surface area contributed by atoms with E-state index in [0.29, 0.717) is 17.1 Å².